The topological polar surface area (TPSA) is 97.7 Å². The number of methoxy groups -OCH3 is 1. The highest BCUT2D eigenvalue weighted by Gasteiger charge is 2.12. The van der Waals surface area contributed by atoms with Crippen molar-refractivity contribution in [1.29, 1.82) is 0 Å². The van der Waals surface area contributed by atoms with Crippen LogP contribution in [0.4, 0.5) is 11.6 Å². The number of benzene rings is 1. The summed E-state index contributed by atoms with van der Waals surface area (Å²) in [6.07, 6.45) is 1.53. The fraction of sp³-hybridized carbons (Fsp3) is 0.158. The largest absolute Gasteiger partial charge is 0.495 e. The molecule has 0 unspecified atom stereocenters. The highest BCUT2D eigenvalue weighted by Crippen LogP contribution is 2.28. The van der Waals surface area contributed by atoms with Crippen molar-refractivity contribution >= 4 is 34.1 Å². The molecule has 1 aromatic carbocycles. The lowest BCUT2D eigenvalue weighted by Gasteiger charge is -2.10. The number of H-pyrrole nitrogens is 1. The fourth-order valence-electron chi connectivity index (χ4n) is 3.00. The Morgan fingerprint density at radius 3 is 2.71 bits per heavy atom. The summed E-state index contributed by atoms with van der Waals surface area (Å²) in [5, 5.41) is 6.93. The molecule has 0 fully saturated rings. The molecule has 2 N–H and O–H groups in total. The van der Waals surface area contributed by atoms with Crippen molar-refractivity contribution < 1.29 is 4.74 Å². The van der Waals surface area contributed by atoms with E-state index in [0.717, 1.165) is 5.69 Å². The molecule has 0 radical (unpaired) electrons. The molecule has 142 valence electrons. The quantitative estimate of drug-likeness (QED) is 0.547. The van der Waals surface area contributed by atoms with E-state index < -0.39 is 0 Å². The molecule has 4 rings (SSSR count). The number of aromatic nitrogens is 5. The molecule has 0 aliphatic carbocycles. The normalized spacial score (nSPS) is 11.0. The molecule has 3 heterocycles. The molecule has 0 saturated carbocycles. The molecule has 0 aliphatic heterocycles. The molecular weight excluding hydrogens is 380 g/mol. The molecule has 0 spiro atoms. The lowest BCUT2D eigenvalue weighted by atomic mass is 10.2. The Bertz CT molecular complexity index is 1230. The summed E-state index contributed by atoms with van der Waals surface area (Å²) >= 11 is 6.11. The number of rotatable bonds is 4. The zero-order chi connectivity index (χ0) is 19.8. The SMILES string of the molecule is COc1cc(-n2[nH]c(=O)c3cnc(Nc4cc(C)nc(C)n4)cc32)ccc1Cl. The number of ether oxygens (including phenoxy) is 1. The van der Waals surface area contributed by atoms with E-state index in [1.807, 2.05) is 19.9 Å². The van der Waals surface area contributed by atoms with Gasteiger partial charge in [-0.3, -0.25) is 14.6 Å². The predicted octanol–water partition coefficient (Wildman–Crippen LogP) is 3.53. The Hall–Kier alpha value is -3.39. The van der Waals surface area contributed by atoms with Crippen LogP contribution >= 0.6 is 11.6 Å². The number of aryl methyl sites for hydroxylation is 2. The van der Waals surface area contributed by atoms with Crippen LogP contribution in [0.3, 0.4) is 0 Å². The summed E-state index contributed by atoms with van der Waals surface area (Å²) in [6.45, 7) is 3.72. The minimum Gasteiger partial charge on any atom is -0.495 e. The first-order valence-corrected chi connectivity index (χ1v) is 8.86. The Morgan fingerprint density at radius 1 is 1.14 bits per heavy atom. The summed E-state index contributed by atoms with van der Waals surface area (Å²) in [7, 11) is 1.54. The average molecular weight is 397 g/mol. The summed E-state index contributed by atoms with van der Waals surface area (Å²) in [5.41, 5.74) is 1.98. The third-order valence-electron chi connectivity index (χ3n) is 4.20. The molecule has 8 nitrogen and oxygen atoms in total. The van der Waals surface area contributed by atoms with Gasteiger partial charge in [-0.1, -0.05) is 11.6 Å². The Labute approximate surface area is 165 Å². The Balaban J connectivity index is 1.81. The highest BCUT2D eigenvalue weighted by molar-refractivity contribution is 6.32. The maximum Gasteiger partial charge on any atom is 0.273 e. The Morgan fingerprint density at radius 2 is 1.96 bits per heavy atom. The maximum absolute atomic E-state index is 12.3. The molecule has 0 amide bonds. The van der Waals surface area contributed by atoms with Crippen molar-refractivity contribution in [3.63, 3.8) is 0 Å². The van der Waals surface area contributed by atoms with Crippen molar-refractivity contribution in [3.05, 3.63) is 63.4 Å². The van der Waals surface area contributed by atoms with Gasteiger partial charge < -0.3 is 10.1 Å². The van der Waals surface area contributed by atoms with Crippen molar-refractivity contribution in [2.24, 2.45) is 0 Å². The van der Waals surface area contributed by atoms with E-state index in [2.05, 4.69) is 25.4 Å². The molecular formula is C19H17ClN6O2. The summed E-state index contributed by atoms with van der Waals surface area (Å²) < 4.78 is 6.94. The Kier molecular flexibility index (Phi) is 4.48. The van der Waals surface area contributed by atoms with E-state index in [9.17, 15) is 4.79 Å². The molecule has 9 heteroatoms. The van der Waals surface area contributed by atoms with Gasteiger partial charge in [0.15, 0.2) is 0 Å². The second kappa shape index (κ2) is 6.97. The molecule has 0 atom stereocenters. The summed E-state index contributed by atoms with van der Waals surface area (Å²) in [5.74, 6) is 2.37. The lowest BCUT2D eigenvalue weighted by Crippen LogP contribution is -2.04. The first kappa shape index (κ1) is 18.0. The van der Waals surface area contributed by atoms with Gasteiger partial charge in [0.05, 0.1) is 28.7 Å². The number of nitrogens with zero attached hydrogens (tertiary/aromatic N) is 4. The number of anilines is 2. The fourth-order valence-corrected chi connectivity index (χ4v) is 3.19. The number of fused-ring (bicyclic) bond motifs is 1. The van der Waals surface area contributed by atoms with E-state index in [-0.39, 0.29) is 5.56 Å². The zero-order valence-electron chi connectivity index (χ0n) is 15.4. The lowest BCUT2D eigenvalue weighted by molar-refractivity contribution is 0.415. The summed E-state index contributed by atoms with van der Waals surface area (Å²) in [6, 6.07) is 8.87. The van der Waals surface area contributed by atoms with Gasteiger partial charge in [-0.2, -0.15) is 0 Å². The molecule has 0 aliphatic rings. The number of hydrogen-bond acceptors (Lipinski definition) is 6. The number of hydrogen-bond donors (Lipinski definition) is 2. The minimum atomic E-state index is -0.239. The van der Waals surface area contributed by atoms with E-state index in [4.69, 9.17) is 16.3 Å². The number of nitrogens with one attached hydrogen (secondary N) is 2. The molecule has 4 aromatic rings. The second-order valence-corrected chi connectivity index (χ2v) is 6.66. The molecule has 0 bridgehead atoms. The van der Waals surface area contributed by atoms with Crippen LogP contribution in [0.15, 0.2) is 41.3 Å². The summed E-state index contributed by atoms with van der Waals surface area (Å²) in [4.78, 5) is 25.3. The molecule has 3 aromatic heterocycles. The first-order valence-electron chi connectivity index (χ1n) is 8.48. The zero-order valence-corrected chi connectivity index (χ0v) is 16.2. The molecule has 28 heavy (non-hydrogen) atoms. The van der Waals surface area contributed by atoms with Crippen molar-refractivity contribution in [3.8, 4) is 11.4 Å². The van der Waals surface area contributed by atoms with Gasteiger partial charge in [0.25, 0.3) is 5.56 Å². The maximum atomic E-state index is 12.3. The standard InChI is InChI=1S/C19H17ClN6O2/c1-10-6-18(23-11(2)22-10)24-17-8-15-13(9-21-17)19(27)25-26(15)12-4-5-14(20)16(7-12)28-3/h4-9H,1-3H3,(H,25,27)(H,21,22,23,24). The van der Waals surface area contributed by atoms with Gasteiger partial charge >= 0.3 is 0 Å². The second-order valence-electron chi connectivity index (χ2n) is 6.25. The van der Waals surface area contributed by atoms with Crippen molar-refractivity contribution in [2.45, 2.75) is 13.8 Å². The van der Waals surface area contributed by atoms with Crippen LogP contribution in [0.1, 0.15) is 11.5 Å². The van der Waals surface area contributed by atoms with Crippen molar-refractivity contribution in [1.82, 2.24) is 24.7 Å². The van der Waals surface area contributed by atoms with Gasteiger partial charge in [0, 0.05) is 30.1 Å². The van der Waals surface area contributed by atoms with E-state index in [1.165, 1.54) is 6.20 Å². The van der Waals surface area contributed by atoms with E-state index in [0.29, 0.717) is 44.8 Å². The third kappa shape index (κ3) is 3.29. The van der Waals surface area contributed by atoms with Crippen LogP contribution in [0.2, 0.25) is 5.02 Å². The predicted molar refractivity (Wildman–Crippen MR) is 108 cm³/mol. The third-order valence-corrected chi connectivity index (χ3v) is 4.51. The van der Waals surface area contributed by atoms with E-state index in [1.54, 1.807) is 36.1 Å². The smallest absolute Gasteiger partial charge is 0.273 e. The van der Waals surface area contributed by atoms with Gasteiger partial charge in [0.2, 0.25) is 0 Å². The van der Waals surface area contributed by atoms with Crippen LogP contribution in [0.25, 0.3) is 16.6 Å². The first-order chi connectivity index (χ1) is 13.4. The number of halogens is 1. The number of aromatic amines is 1. The van der Waals surface area contributed by atoms with Gasteiger partial charge in [0.1, 0.15) is 23.2 Å². The highest BCUT2D eigenvalue weighted by atomic mass is 35.5. The average Bonchev–Trinajstić information content (AvgIpc) is 2.97. The minimum absolute atomic E-state index is 0.239. The van der Waals surface area contributed by atoms with Crippen molar-refractivity contribution in [2.75, 3.05) is 12.4 Å². The van der Waals surface area contributed by atoms with Gasteiger partial charge in [-0.05, 0) is 26.0 Å². The molecule has 0 saturated heterocycles. The number of pyridine rings is 1. The van der Waals surface area contributed by atoms with E-state index >= 15 is 0 Å². The van der Waals surface area contributed by atoms with Crippen LogP contribution in [-0.2, 0) is 0 Å². The van der Waals surface area contributed by atoms with Crippen LogP contribution in [-0.4, -0.2) is 31.8 Å². The monoisotopic (exact) mass is 396 g/mol. The van der Waals surface area contributed by atoms with Crippen LogP contribution in [0, 0.1) is 13.8 Å². The van der Waals surface area contributed by atoms with Gasteiger partial charge in [-0.25, -0.2) is 15.0 Å². The van der Waals surface area contributed by atoms with Crippen LogP contribution in [0.5, 0.6) is 5.75 Å². The van der Waals surface area contributed by atoms with Gasteiger partial charge in [-0.15, -0.1) is 0 Å². The van der Waals surface area contributed by atoms with Crippen LogP contribution < -0.4 is 15.6 Å².